The normalized spacial score (nSPS) is 25.1. The Bertz CT molecular complexity index is 3520. The SMILES string of the molecule is C[C@@H](O)[C@@H]1NC(=O)C(NC(=O)c2ccc(-c3nnc(-c4ccc(N5CCN(Cc6ccncc6)CC5)cc4)s3)cc2)C[C@@H](O)CNC(=O)[C@@H]2[C@@H](O)[C@@H](C)CN2C(=O)[C@H]([C@H](O)CCNC(CO)CO)NC(=O)[C@H]([C@H](O)Cc2ccc(O)c(OSOOO)c2)NC(=O)[C@@H]2C[C@@H](O)CN2C1=O. The predicted octanol–water partition coefficient (Wildman–Crippen LogP) is -3.06. The number of hydrogen-bond donors (Lipinski definition) is 16. The fourth-order valence-electron chi connectivity index (χ4n) is 12.1. The van der Waals surface area contributed by atoms with Crippen LogP contribution in [0.25, 0.3) is 21.1 Å². The first-order valence-corrected chi connectivity index (χ1v) is 33.2. The predicted molar refractivity (Wildman–Crippen MR) is 349 cm³/mol. The molecule has 0 saturated carbocycles. The van der Waals surface area contributed by atoms with Gasteiger partial charge in [0.2, 0.25) is 35.4 Å². The fraction of sp³-hybridized carbons (Fsp3) is 0.492. The molecule has 13 atom stereocenters. The van der Waals surface area contributed by atoms with Crippen LogP contribution in [0.4, 0.5) is 5.69 Å². The van der Waals surface area contributed by atoms with Crippen LogP contribution >= 0.6 is 23.7 Å². The number of β-amino-alcohol motifs (C(OH)–C–C–N with tert-alkyl or cyclic N) is 1. The molecule has 16 N–H and O–H groups in total. The highest BCUT2D eigenvalue weighted by Gasteiger charge is 2.50. The molecule has 4 saturated heterocycles. The van der Waals surface area contributed by atoms with Crippen molar-refractivity contribution in [2.24, 2.45) is 5.92 Å². The molecular weight excluding hydrogens is 1320 g/mol. The van der Waals surface area contributed by atoms with E-state index >= 15 is 0 Å². The number of carbonyl (C=O) groups is 7. The Hall–Kier alpha value is -8.11. The molecule has 6 heterocycles. The van der Waals surface area contributed by atoms with Gasteiger partial charge in [0.1, 0.15) is 46.3 Å². The van der Waals surface area contributed by atoms with Crippen LogP contribution in [0.3, 0.4) is 0 Å². The first-order valence-electron chi connectivity index (χ1n) is 31.7. The van der Waals surface area contributed by atoms with Crippen molar-refractivity contribution >= 4 is 70.7 Å². The molecule has 2 aromatic heterocycles. The Morgan fingerprint density at radius 3 is 2.03 bits per heavy atom. The number of carbonyl (C=O) groups excluding carboxylic acids is 7. The van der Waals surface area contributed by atoms with Crippen molar-refractivity contribution in [3.05, 3.63) is 108 Å². The third kappa shape index (κ3) is 18.8. The number of rotatable bonds is 22. The van der Waals surface area contributed by atoms with Crippen molar-refractivity contribution in [3.8, 4) is 32.6 Å². The summed E-state index contributed by atoms with van der Waals surface area (Å²) in [6.07, 6.45) is -9.09. The first-order chi connectivity index (χ1) is 47.0. The van der Waals surface area contributed by atoms with Gasteiger partial charge in [-0.2, -0.15) is 0 Å². The molecule has 35 heteroatoms. The third-order valence-corrected chi connectivity index (χ3v) is 18.9. The maximum Gasteiger partial charge on any atom is 0.261 e. The van der Waals surface area contributed by atoms with E-state index in [4.69, 9.17) is 9.44 Å². The zero-order valence-corrected chi connectivity index (χ0v) is 55.0. The summed E-state index contributed by atoms with van der Waals surface area (Å²) < 4.78 is 9.37. The summed E-state index contributed by atoms with van der Waals surface area (Å²) in [5, 5.41) is 136. The van der Waals surface area contributed by atoms with Crippen LogP contribution in [0.15, 0.2) is 91.3 Å². The van der Waals surface area contributed by atoms with E-state index in [1.54, 1.807) is 24.5 Å². The quantitative estimate of drug-likeness (QED) is 0.0142. The van der Waals surface area contributed by atoms with Crippen molar-refractivity contribution in [1.82, 2.24) is 61.8 Å². The first kappa shape index (κ1) is 74.1. The Morgan fingerprint density at radius 2 is 1.38 bits per heavy atom. The molecule has 1 unspecified atom stereocenters. The maximum atomic E-state index is 15.0. The molecule has 0 bridgehead atoms. The van der Waals surface area contributed by atoms with Crippen molar-refractivity contribution in [2.45, 2.75) is 125 Å². The molecule has 4 aliphatic heterocycles. The second-order valence-corrected chi connectivity index (χ2v) is 26.0. The minimum atomic E-state index is -2.16. The molecule has 0 radical (unpaired) electrons. The molecule has 4 aliphatic rings. The lowest BCUT2D eigenvalue weighted by Gasteiger charge is -2.36. The Labute approximate surface area is 570 Å². The summed E-state index contributed by atoms with van der Waals surface area (Å²) in [4.78, 5) is 113. The third-order valence-electron chi connectivity index (χ3n) is 17.5. The number of hydrogen-bond acceptors (Lipinski definition) is 28. The zero-order valence-electron chi connectivity index (χ0n) is 53.4. The van der Waals surface area contributed by atoms with Crippen molar-refractivity contribution in [1.29, 1.82) is 0 Å². The van der Waals surface area contributed by atoms with E-state index in [0.717, 1.165) is 72.8 Å². The topological polar surface area (TPSA) is 473 Å². The lowest BCUT2D eigenvalue weighted by Crippen LogP contribution is -2.64. The molecule has 3 aromatic carbocycles. The minimum Gasteiger partial charge on any atom is -0.504 e. The van der Waals surface area contributed by atoms with E-state index in [2.05, 4.69) is 66.3 Å². The highest BCUT2D eigenvalue weighted by Crippen LogP contribution is 2.34. The summed E-state index contributed by atoms with van der Waals surface area (Å²) in [6, 6.07) is 9.45. The highest BCUT2D eigenvalue weighted by atomic mass is 32.2. The molecule has 9 rings (SSSR count). The number of phenols is 1. The van der Waals surface area contributed by atoms with Crippen LogP contribution in [0.5, 0.6) is 11.5 Å². The van der Waals surface area contributed by atoms with Gasteiger partial charge in [0.15, 0.2) is 11.5 Å². The summed E-state index contributed by atoms with van der Waals surface area (Å²) in [6.45, 7) is 4.06. The standard InChI is InChI=1S/C63H81N13O20S2/c1-33-28-76-53(54(33)85)59(90)66-27-42(80)25-44(67-55(86)37-4-6-38(7-5-37)60-71-72-61(97-60)39-8-10-41(11-9-39)74-21-19-73(20-22-74)29-35-13-16-64-17-14-35)56(87)68-50(34(2)79)62(91)75-30-43(81)26-45(75)57(88)69-51(48(84)23-36-3-12-46(82)49(24-36)94-98-96-95-93)58(89)70-52(63(76)92)47(83)15-18-65-40(31-77)32-78/h3-14,16-17,24,33-34,40,42-45,47-48,50-54,65,77-85,93H,15,18-23,25-32H2,1-2H3,(H,66,90)(H,67,86)(H,68,87)(H,69,88)(H,70,89)/t33-,34+,42+,43+,44?,45-,47+,48+,50-,51-,52-,53-,54-/m0/s1. The lowest BCUT2D eigenvalue weighted by molar-refractivity contribution is -0.433. The summed E-state index contributed by atoms with van der Waals surface area (Å²) in [5.74, 6) is -9.63. The Balaban J connectivity index is 0.965. The van der Waals surface area contributed by atoms with Gasteiger partial charge in [-0.05, 0) is 91.7 Å². The largest absolute Gasteiger partial charge is 0.504 e. The highest BCUT2D eigenvalue weighted by molar-refractivity contribution is 7.90. The molecular formula is C63H81N13O20S2. The number of aliphatic hydroxyl groups excluding tert-OH is 8. The molecule has 0 spiro atoms. The number of aromatic hydroxyl groups is 1. The van der Waals surface area contributed by atoms with Gasteiger partial charge in [-0.15, -0.1) is 10.2 Å². The average molecular weight is 1400 g/mol. The number of aromatic nitrogens is 3. The molecule has 7 amide bonds. The Morgan fingerprint density at radius 1 is 0.735 bits per heavy atom. The van der Waals surface area contributed by atoms with Gasteiger partial charge in [-0.25, -0.2) is 5.26 Å². The van der Waals surface area contributed by atoms with Crippen LogP contribution in [0, 0.1) is 5.92 Å². The monoisotopic (exact) mass is 1400 g/mol. The van der Waals surface area contributed by atoms with E-state index in [9.17, 15) is 79.5 Å². The smallest absolute Gasteiger partial charge is 0.261 e. The van der Waals surface area contributed by atoms with Gasteiger partial charge in [-0.1, -0.05) is 45.8 Å². The molecule has 0 aliphatic carbocycles. The molecule has 4 fully saturated rings. The number of amides is 7. The number of anilines is 1. The Kier molecular flexibility index (Phi) is 26.2. The van der Waals surface area contributed by atoms with E-state index < -0.39 is 184 Å². The van der Waals surface area contributed by atoms with Gasteiger partial charge < -0.3 is 96.7 Å². The second-order valence-electron chi connectivity index (χ2n) is 24.6. The van der Waals surface area contributed by atoms with Crippen molar-refractivity contribution < 1.29 is 98.3 Å². The molecule has 530 valence electrons. The maximum absolute atomic E-state index is 15.0. The number of phenolic OH excluding ortho intramolecular Hbond substituents is 1. The number of pyridine rings is 1. The molecule has 5 aromatic rings. The summed E-state index contributed by atoms with van der Waals surface area (Å²) >= 11 is 1.39. The van der Waals surface area contributed by atoms with Crippen LogP contribution in [-0.2, 0) is 51.1 Å². The minimum absolute atomic E-state index is 0.0128. The van der Waals surface area contributed by atoms with E-state index in [0.29, 0.717) is 15.6 Å². The van der Waals surface area contributed by atoms with E-state index in [1.165, 1.54) is 42.0 Å². The second kappa shape index (κ2) is 34.6. The van der Waals surface area contributed by atoms with Crippen LogP contribution in [0.2, 0.25) is 0 Å². The van der Waals surface area contributed by atoms with Crippen molar-refractivity contribution in [2.75, 3.05) is 70.5 Å². The summed E-state index contributed by atoms with van der Waals surface area (Å²) in [5.41, 5.74) is 3.85. The van der Waals surface area contributed by atoms with E-state index in [1.807, 2.05) is 36.4 Å². The average Bonchev–Trinajstić information content (AvgIpc) is 1.62. The van der Waals surface area contributed by atoms with Gasteiger partial charge >= 0.3 is 0 Å². The van der Waals surface area contributed by atoms with E-state index in [-0.39, 0.29) is 42.3 Å². The number of piperazine rings is 1. The summed E-state index contributed by atoms with van der Waals surface area (Å²) in [7, 11) is 0. The number of aliphatic hydroxyl groups is 8. The number of nitrogens with zero attached hydrogens (tertiary/aromatic N) is 7. The zero-order chi connectivity index (χ0) is 70.3. The van der Waals surface area contributed by atoms with Crippen LogP contribution < -0.4 is 41.0 Å². The van der Waals surface area contributed by atoms with Gasteiger partial charge in [0, 0.05) is 112 Å². The van der Waals surface area contributed by atoms with Gasteiger partial charge in [-0.3, -0.25) is 43.4 Å². The number of fused-ring (bicyclic) bond motifs is 2. The van der Waals surface area contributed by atoms with Gasteiger partial charge in [0.05, 0.1) is 55.9 Å². The fourth-order valence-corrected chi connectivity index (χ4v) is 13.2. The lowest BCUT2D eigenvalue weighted by atomic mass is 9.98. The van der Waals surface area contributed by atoms with Crippen LogP contribution in [-0.4, -0.2) is 267 Å². The molecule has 33 nitrogen and oxygen atoms in total. The van der Waals surface area contributed by atoms with Crippen molar-refractivity contribution in [3.63, 3.8) is 0 Å². The van der Waals surface area contributed by atoms with Crippen LogP contribution in [0.1, 0.15) is 54.6 Å². The number of benzene rings is 3. The van der Waals surface area contributed by atoms with Gasteiger partial charge in [0.25, 0.3) is 18.2 Å². The molecule has 98 heavy (non-hydrogen) atoms. The number of nitrogens with one attached hydrogen (secondary N) is 6.